The molecule has 0 saturated heterocycles. The predicted octanol–water partition coefficient (Wildman–Crippen LogP) is 2.03. The highest BCUT2D eigenvalue weighted by atomic mass is 32.2. The zero-order chi connectivity index (χ0) is 13.6. The number of rotatable bonds is 4. The van der Waals surface area contributed by atoms with Crippen molar-refractivity contribution in [2.45, 2.75) is 13.5 Å². The van der Waals surface area contributed by atoms with Crippen molar-refractivity contribution in [2.24, 2.45) is 15.4 Å². The van der Waals surface area contributed by atoms with Gasteiger partial charge in [0.2, 0.25) is 0 Å². The van der Waals surface area contributed by atoms with Gasteiger partial charge < -0.3 is 4.74 Å². The predicted molar refractivity (Wildman–Crippen MR) is 69.5 cm³/mol. The lowest BCUT2D eigenvalue weighted by molar-refractivity contribution is 0.414. The van der Waals surface area contributed by atoms with Crippen molar-refractivity contribution in [2.75, 3.05) is 13.4 Å². The minimum atomic E-state index is -3.28. The molecule has 6 nitrogen and oxygen atoms in total. The SMILES string of the molecule is COc1cccc(CN=N/N=C(\C)S(C)(=O)=O)c1. The Labute approximate surface area is 106 Å². The van der Waals surface area contributed by atoms with E-state index in [4.69, 9.17) is 4.74 Å². The van der Waals surface area contributed by atoms with Crippen molar-refractivity contribution < 1.29 is 13.2 Å². The molecule has 0 aliphatic carbocycles. The van der Waals surface area contributed by atoms with Crippen LogP contribution in [-0.4, -0.2) is 26.8 Å². The fourth-order valence-corrected chi connectivity index (χ4v) is 1.24. The molecule has 0 unspecified atom stereocenters. The van der Waals surface area contributed by atoms with Gasteiger partial charge in [0.15, 0.2) is 14.9 Å². The lowest BCUT2D eigenvalue weighted by Gasteiger charge is -2.00. The van der Waals surface area contributed by atoms with E-state index in [2.05, 4.69) is 15.4 Å². The molecule has 1 aromatic carbocycles. The van der Waals surface area contributed by atoms with Gasteiger partial charge in [-0.25, -0.2) is 8.42 Å². The number of methoxy groups -OCH3 is 1. The molecule has 0 heterocycles. The van der Waals surface area contributed by atoms with Gasteiger partial charge in [-0.1, -0.05) is 12.1 Å². The number of hydrogen-bond donors (Lipinski definition) is 0. The van der Waals surface area contributed by atoms with E-state index in [1.54, 1.807) is 7.11 Å². The van der Waals surface area contributed by atoms with E-state index < -0.39 is 9.84 Å². The minimum Gasteiger partial charge on any atom is -0.497 e. The van der Waals surface area contributed by atoms with Crippen LogP contribution < -0.4 is 4.74 Å². The first-order valence-corrected chi connectivity index (χ1v) is 7.06. The summed E-state index contributed by atoms with van der Waals surface area (Å²) < 4.78 is 27.1. The van der Waals surface area contributed by atoms with Crippen molar-refractivity contribution in [3.05, 3.63) is 29.8 Å². The molecule has 1 aromatic rings. The van der Waals surface area contributed by atoms with Gasteiger partial charge >= 0.3 is 0 Å². The van der Waals surface area contributed by atoms with Crippen LogP contribution in [0.4, 0.5) is 0 Å². The first-order valence-electron chi connectivity index (χ1n) is 5.17. The monoisotopic (exact) mass is 269 g/mol. The fourth-order valence-electron chi connectivity index (χ4n) is 1.05. The molecule has 7 heteroatoms. The number of sulfone groups is 1. The summed E-state index contributed by atoms with van der Waals surface area (Å²) in [6, 6.07) is 7.36. The van der Waals surface area contributed by atoms with Gasteiger partial charge in [0.05, 0.1) is 13.7 Å². The highest BCUT2D eigenvalue weighted by Gasteiger charge is 2.05. The topological polar surface area (TPSA) is 80.5 Å². The third-order valence-corrected chi connectivity index (χ3v) is 3.33. The molecule has 0 radical (unpaired) electrons. The lowest BCUT2D eigenvalue weighted by Crippen LogP contribution is -2.07. The maximum atomic E-state index is 11.0. The largest absolute Gasteiger partial charge is 0.497 e. The second-order valence-corrected chi connectivity index (χ2v) is 5.77. The molecule has 0 aliphatic rings. The van der Waals surface area contributed by atoms with Crippen LogP contribution in [0.25, 0.3) is 0 Å². The Bertz CT molecular complexity index is 565. The van der Waals surface area contributed by atoms with Crippen LogP contribution >= 0.6 is 0 Å². The summed E-state index contributed by atoms with van der Waals surface area (Å²) >= 11 is 0. The molecule has 0 N–H and O–H groups in total. The van der Waals surface area contributed by atoms with E-state index in [0.717, 1.165) is 17.6 Å². The Hall–Kier alpha value is -1.76. The molecule has 1 rings (SSSR count). The molecule has 0 spiro atoms. The van der Waals surface area contributed by atoms with E-state index in [1.807, 2.05) is 24.3 Å². The summed E-state index contributed by atoms with van der Waals surface area (Å²) in [5.41, 5.74) is 0.908. The average molecular weight is 269 g/mol. The molecule has 98 valence electrons. The van der Waals surface area contributed by atoms with E-state index in [1.165, 1.54) is 6.92 Å². The van der Waals surface area contributed by atoms with Crippen LogP contribution in [0.1, 0.15) is 12.5 Å². The Morgan fingerprint density at radius 1 is 1.39 bits per heavy atom. The Morgan fingerprint density at radius 3 is 2.72 bits per heavy atom. The maximum Gasteiger partial charge on any atom is 0.190 e. The zero-order valence-corrected chi connectivity index (χ0v) is 11.3. The average Bonchev–Trinajstić information content (AvgIpc) is 2.33. The van der Waals surface area contributed by atoms with Gasteiger partial charge in [0, 0.05) is 6.26 Å². The Kier molecular flexibility index (Phi) is 4.96. The van der Waals surface area contributed by atoms with E-state index in [9.17, 15) is 8.42 Å². The van der Waals surface area contributed by atoms with Crippen molar-refractivity contribution in [3.8, 4) is 5.75 Å². The van der Waals surface area contributed by atoms with Crippen molar-refractivity contribution in [1.29, 1.82) is 0 Å². The second kappa shape index (κ2) is 6.25. The van der Waals surface area contributed by atoms with E-state index in [0.29, 0.717) is 6.54 Å². The fraction of sp³-hybridized carbons (Fsp3) is 0.364. The van der Waals surface area contributed by atoms with Crippen LogP contribution in [0.5, 0.6) is 5.75 Å². The van der Waals surface area contributed by atoms with Crippen molar-refractivity contribution in [1.82, 2.24) is 0 Å². The molecular weight excluding hydrogens is 254 g/mol. The summed E-state index contributed by atoms with van der Waals surface area (Å²) in [6.07, 6.45) is 1.07. The third-order valence-electron chi connectivity index (χ3n) is 2.17. The maximum absolute atomic E-state index is 11.0. The molecule has 0 bridgehead atoms. The molecule has 0 fully saturated rings. The summed E-state index contributed by atoms with van der Waals surface area (Å²) in [4.78, 5) is 0. The van der Waals surface area contributed by atoms with Crippen LogP contribution in [0.2, 0.25) is 0 Å². The number of benzene rings is 1. The summed E-state index contributed by atoms with van der Waals surface area (Å²) in [6.45, 7) is 1.69. The molecule has 0 amide bonds. The molecule has 0 aromatic heterocycles. The molecule has 18 heavy (non-hydrogen) atoms. The molecule has 0 saturated carbocycles. The van der Waals surface area contributed by atoms with Crippen LogP contribution in [-0.2, 0) is 16.4 Å². The smallest absolute Gasteiger partial charge is 0.190 e. The van der Waals surface area contributed by atoms with Gasteiger partial charge in [0.25, 0.3) is 0 Å². The standard InChI is InChI=1S/C11H15N3O3S/c1-9(18(3,15)16)13-14-12-8-10-5-4-6-11(7-10)17-2/h4-7H,8H2,1-3H3/b13-9+,14-12?. The number of nitrogens with zero attached hydrogens (tertiary/aromatic N) is 3. The van der Waals surface area contributed by atoms with Gasteiger partial charge in [0.1, 0.15) is 5.75 Å². The van der Waals surface area contributed by atoms with Crippen LogP contribution in [0, 0.1) is 0 Å². The summed E-state index contributed by atoms with van der Waals surface area (Å²) in [5.74, 6) is 0.735. The lowest BCUT2D eigenvalue weighted by atomic mass is 10.2. The van der Waals surface area contributed by atoms with Gasteiger partial charge in [-0.15, -0.1) is 5.10 Å². The first kappa shape index (κ1) is 14.3. The van der Waals surface area contributed by atoms with E-state index >= 15 is 0 Å². The minimum absolute atomic E-state index is 0.0584. The molecular formula is C11H15N3O3S. The Morgan fingerprint density at radius 2 is 2.11 bits per heavy atom. The number of ether oxygens (including phenoxy) is 1. The second-order valence-electron chi connectivity index (χ2n) is 3.63. The molecule has 0 atom stereocenters. The number of hydrogen-bond acceptors (Lipinski definition) is 5. The third kappa shape index (κ3) is 4.62. The first-order chi connectivity index (χ1) is 8.43. The summed E-state index contributed by atoms with van der Waals surface area (Å²) in [5, 5.41) is 10.7. The molecule has 0 aliphatic heterocycles. The van der Waals surface area contributed by atoms with Crippen LogP contribution in [0.3, 0.4) is 0 Å². The van der Waals surface area contributed by atoms with E-state index in [-0.39, 0.29) is 5.04 Å². The van der Waals surface area contributed by atoms with Gasteiger partial charge in [-0.05, 0) is 29.8 Å². The quantitative estimate of drug-likeness (QED) is 0.363. The van der Waals surface area contributed by atoms with Gasteiger partial charge in [-0.2, -0.15) is 5.11 Å². The zero-order valence-electron chi connectivity index (χ0n) is 10.5. The van der Waals surface area contributed by atoms with Crippen molar-refractivity contribution in [3.63, 3.8) is 0 Å². The van der Waals surface area contributed by atoms with Crippen LogP contribution in [0.15, 0.2) is 39.7 Å². The van der Waals surface area contributed by atoms with Crippen molar-refractivity contribution >= 4 is 14.9 Å². The highest BCUT2D eigenvalue weighted by molar-refractivity contribution is 8.05. The Balaban J connectivity index is 2.65. The normalized spacial score (nSPS) is 12.9. The summed E-state index contributed by atoms with van der Waals surface area (Å²) in [7, 11) is -1.70. The van der Waals surface area contributed by atoms with Gasteiger partial charge in [-0.3, -0.25) is 0 Å². The highest BCUT2D eigenvalue weighted by Crippen LogP contribution is 2.13.